The molecule has 1 aromatic rings. The van der Waals surface area contributed by atoms with Crippen LogP contribution in [0.4, 0.5) is 0 Å². The smallest absolute Gasteiger partial charge is 0.0449 e. The van der Waals surface area contributed by atoms with Crippen LogP contribution in [0.2, 0.25) is 0 Å². The Morgan fingerprint density at radius 3 is 2.65 bits per heavy atom. The SMILES string of the molecule is CC(C)CCCCN1CC(c2ccccc2)NCC1C. The minimum atomic E-state index is 0.498. The van der Waals surface area contributed by atoms with Crippen molar-refractivity contribution in [2.75, 3.05) is 19.6 Å². The molecule has 0 amide bonds. The van der Waals surface area contributed by atoms with E-state index in [1.54, 1.807) is 0 Å². The summed E-state index contributed by atoms with van der Waals surface area (Å²) in [7, 11) is 0. The van der Waals surface area contributed by atoms with E-state index in [4.69, 9.17) is 0 Å². The molecule has 20 heavy (non-hydrogen) atoms. The zero-order chi connectivity index (χ0) is 14.4. The molecule has 0 aliphatic carbocycles. The van der Waals surface area contributed by atoms with Gasteiger partial charge in [0.1, 0.15) is 0 Å². The molecule has 0 aromatic heterocycles. The van der Waals surface area contributed by atoms with Gasteiger partial charge in [-0.15, -0.1) is 0 Å². The van der Waals surface area contributed by atoms with Crippen molar-refractivity contribution in [1.29, 1.82) is 0 Å². The zero-order valence-corrected chi connectivity index (χ0v) is 13.3. The van der Waals surface area contributed by atoms with Gasteiger partial charge in [0.2, 0.25) is 0 Å². The number of unbranched alkanes of at least 4 members (excludes halogenated alkanes) is 1. The van der Waals surface area contributed by atoms with Gasteiger partial charge >= 0.3 is 0 Å². The quantitative estimate of drug-likeness (QED) is 0.793. The predicted molar refractivity (Wildman–Crippen MR) is 86.9 cm³/mol. The molecule has 0 radical (unpaired) electrons. The number of piperazine rings is 1. The highest BCUT2D eigenvalue weighted by Crippen LogP contribution is 2.20. The topological polar surface area (TPSA) is 15.3 Å². The fourth-order valence-corrected chi connectivity index (χ4v) is 3.01. The van der Waals surface area contributed by atoms with E-state index in [0.717, 1.165) is 19.0 Å². The number of hydrogen-bond donors (Lipinski definition) is 1. The van der Waals surface area contributed by atoms with Crippen molar-refractivity contribution in [3.8, 4) is 0 Å². The summed E-state index contributed by atoms with van der Waals surface area (Å²) in [6, 6.07) is 12.0. The van der Waals surface area contributed by atoms with Crippen LogP contribution in [0.3, 0.4) is 0 Å². The highest BCUT2D eigenvalue weighted by molar-refractivity contribution is 5.20. The van der Waals surface area contributed by atoms with E-state index in [9.17, 15) is 0 Å². The summed E-state index contributed by atoms with van der Waals surface area (Å²) in [5, 5.41) is 3.68. The largest absolute Gasteiger partial charge is 0.307 e. The average molecular weight is 274 g/mol. The first-order valence-corrected chi connectivity index (χ1v) is 8.19. The van der Waals surface area contributed by atoms with Crippen molar-refractivity contribution in [1.82, 2.24) is 10.2 Å². The first-order valence-electron chi connectivity index (χ1n) is 8.19. The second-order valence-electron chi connectivity index (χ2n) is 6.61. The Balaban J connectivity index is 1.82. The molecule has 2 unspecified atom stereocenters. The van der Waals surface area contributed by atoms with Crippen LogP contribution in [0.1, 0.15) is 51.6 Å². The molecule has 1 aliphatic heterocycles. The lowest BCUT2D eigenvalue weighted by atomic mass is 10.0. The molecule has 1 aromatic carbocycles. The normalized spacial score (nSPS) is 24.2. The number of benzene rings is 1. The van der Waals surface area contributed by atoms with Crippen molar-refractivity contribution < 1.29 is 0 Å². The lowest BCUT2D eigenvalue weighted by Crippen LogP contribution is -2.51. The number of rotatable bonds is 6. The van der Waals surface area contributed by atoms with Gasteiger partial charge in [-0.3, -0.25) is 4.90 Å². The first-order chi connectivity index (χ1) is 9.66. The van der Waals surface area contributed by atoms with Crippen LogP contribution < -0.4 is 5.32 Å². The second kappa shape index (κ2) is 7.80. The molecule has 2 rings (SSSR count). The predicted octanol–water partition coefficient (Wildman–Crippen LogP) is 3.85. The fraction of sp³-hybridized carbons (Fsp3) is 0.667. The molecule has 0 spiro atoms. The molecular formula is C18H30N2. The van der Waals surface area contributed by atoms with Gasteiger partial charge in [-0.25, -0.2) is 0 Å². The Morgan fingerprint density at radius 2 is 1.95 bits per heavy atom. The van der Waals surface area contributed by atoms with Crippen LogP contribution in [-0.2, 0) is 0 Å². The first kappa shape index (κ1) is 15.5. The number of hydrogen-bond acceptors (Lipinski definition) is 2. The summed E-state index contributed by atoms with van der Waals surface area (Å²) in [4.78, 5) is 2.66. The van der Waals surface area contributed by atoms with Gasteiger partial charge in [0.15, 0.2) is 0 Å². The van der Waals surface area contributed by atoms with Crippen molar-refractivity contribution in [3.05, 3.63) is 35.9 Å². The maximum absolute atomic E-state index is 3.68. The monoisotopic (exact) mass is 274 g/mol. The molecule has 2 heteroatoms. The van der Waals surface area contributed by atoms with E-state index in [1.807, 2.05) is 0 Å². The molecule has 1 fully saturated rings. The van der Waals surface area contributed by atoms with Gasteiger partial charge < -0.3 is 5.32 Å². The van der Waals surface area contributed by atoms with Crippen molar-refractivity contribution in [2.24, 2.45) is 5.92 Å². The summed E-state index contributed by atoms with van der Waals surface area (Å²) in [5.74, 6) is 0.840. The zero-order valence-electron chi connectivity index (χ0n) is 13.3. The van der Waals surface area contributed by atoms with Crippen LogP contribution in [0.15, 0.2) is 30.3 Å². The third-order valence-electron chi connectivity index (χ3n) is 4.38. The maximum atomic E-state index is 3.68. The second-order valence-corrected chi connectivity index (χ2v) is 6.61. The van der Waals surface area contributed by atoms with E-state index in [-0.39, 0.29) is 0 Å². The molecule has 0 bridgehead atoms. The van der Waals surface area contributed by atoms with Crippen molar-refractivity contribution in [2.45, 2.75) is 52.1 Å². The van der Waals surface area contributed by atoms with E-state index in [1.165, 1.54) is 31.4 Å². The Labute approximate surface area is 124 Å². The van der Waals surface area contributed by atoms with E-state index in [2.05, 4.69) is 61.3 Å². The van der Waals surface area contributed by atoms with Crippen LogP contribution in [0.25, 0.3) is 0 Å². The van der Waals surface area contributed by atoms with Gasteiger partial charge in [0.05, 0.1) is 0 Å². The Kier molecular flexibility index (Phi) is 6.06. The number of nitrogens with one attached hydrogen (secondary N) is 1. The molecule has 1 N–H and O–H groups in total. The standard InChI is InChI=1S/C18H30N2/c1-15(2)9-7-8-12-20-14-18(19-13-16(20)3)17-10-5-4-6-11-17/h4-6,10-11,15-16,18-19H,7-9,12-14H2,1-3H3. The summed E-state index contributed by atoms with van der Waals surface area (Å²) in [5.41, 5.74) is 1.42. The highest BCUT2D eigenvalue weighted by atomic mass is 15.2. The van der Waals surface area contributed by atoms with Gasteiger partial charge in [0.25, 0.3) is 0 Å². The summed E-state index contributed by atoms with van der Waals surface area (Å²) >= 11 is 0. The molecule has 1 saturated heterocycles. The van der Waals surface area contributed by atoms with Crippen LogP contribution >= 0.6 is 0 Å². The van der Waals surface area contributed by atoms with Crippen LogP contribution in [0.5, 0.6) is 0 Å². The third-order valence-corrected chi connectivity index (χ3v) is 4.38. The molecular weight excluding hydrogens is 244 g/mol. The van der Waals surface area contributed by atoms with Crippen LogP contribution in [0, 0.1) is 5.92 Å². The molecule has 1 aliphatic rings. The van der Waals surface area contributed by atoms with E-state index in [0.29, 0.717) is 12.1 Å². The Hall–Kier alpha value is -0.860. The maximum Gasteiger partial charge on any atom is 0.0449 e. The molecule has 1 heterocycles. The summed E-state index contributed by atoms with van der Waals surface area (Å²) in [6.45, 7) is 10.5. The molecule has 0 saturated carbocycles. The van der Waals surface area contributed by atoms with Gasteiger partial charge in [-0.05, 0) is 31.4 Å². The van der Waals surface area contributed by atoms with E-state index < -0.39 is 0 Å². The van der Waals surface area contributed by atoms with Gasteiger partial charge in [-0.2, -0.15) is 0 Å². The van der Waals surface area contributed by atoms with Crippen molar-refractivity contribution >= 4 is 0 Å². The average Bonchev–Trinajstić information content (AvgIpc) is 2.46. The van der Waals surface area contributed by atoms with E-state index >= 15 is 0 Å². The fourth-order valence-electron chi connectivity index (χ4n) is 3.01. The Bertz CT molecular complexity index is 374. The Morgan fingerprint density at radius 1 is 1.20 bits per heavy atom. The minimum absolute atomic E-state index is 0.498. The van der Waals surface area contributed by atoms with Gasteiger partial charge in [0, 0.05) is 25.2 Å². The molecule has 2 atom stereocenters. The number of nitrogens with zero attached hydrogens (tertiary/aromatic N) is 1. The van der Waals surface area contributed by atoms with Crippen molar-refractivity contribution in [3.63, 3.8) is 0 Å². The molecule has 112 valence electrons. The van der Waals surface area contributed by atoms with Crippen LogP contribution in [-0.4, -0.2) is 30.6 Å². The lowest BCUT2D eigenvalue weighted by molar-refractivity contribution is 0.138. The molecule has 2 nitrogen and oxygen atoms in total. The highest BCUT2D eigenvalue weighted by Gasteiger charge is 2.25. The van der Waals surface area contributed by atoms with Gasteiger partial charge in [-0.1, -0.05) is 57.0 Å². The summed E-state index contributed by atoms with van der Waals surface area (Å²) in [6.07, 6.45) is 4.07. The summed E-state index contributed by atoms with van der Waals surface area (Å²) < 4.78 is 0. The third kappa shape index (κ3) is 4.60. The minimum Gasteiger partial charge on any atom is -0.307 e. The lowest BCUT2D eigenvalue weighted by Gasteiger charge is -2.39.